The smallest absolute Gasteiger partial charge is 0.351 e. The van der Waals surface area contributed by atoms with E-state index >= 15 is 0 Å². The summed E-state index contributed by atoms with van der Waals surface area (Å²) in [6, 6.07) is 15.3. The van der Waals surface area contributed by atoms with E-state index in [1.165, 1.54) is 0 Å². The molecule has 0 aliphatic rings. The molecule has 0 unspecified atom stereocenters. The van der Waals surface area contributed by atoms with Crippen molar-refractivity contribution in [1.82, 2.24) is 0 Å². The van der Waals surface area contributed by atoms with Gasteiger partial charge in [-0.15, -0.1) is 0 Å². The standard InChI is InChI=1S/C14H14O2Si/c1-2-11-7-9-12(10-8-11)13-5-3-4-6-14(13)17(15)16/h2-10,15-17H,1H2. The molecule has 0 saturated heterocycles. The predicted molar refractivity (Wildman–Crippen MR) is 73.2 cm³/mol. The largest absolute Gasteiger partial charge is 0.410 e. The van der Waals surface area contributed by atoms with Crippen molar-refractivity contribution in [3.05, 3.63) is 60.7 Å². The second-order valence-corrected chi connectivity index (χ2v) is 5.16. The fourth-order valence-corrected chi connectivity index (χ4v) is 2.61. The molecule has 2 aromatic rings. The first-order chi connectivity index (χ1) is 8.22. The molecular formula is C14H14O2Si. The zero-order valence-corrected chi connectivity index (χ0v) is 10.5. The van der Waals surface area contributed by atoms with E-state index in [0.717, 1.165) is 16.7 Å². The van der Waals surface area contributed by atoms with Crippen LogP contribution in [0.4, 0.5) is 0 Å². The molecule has 0 aromatic heterocycles. The van der Waals surface area contributed by atoms with Gasteiger partial charge in [-0.1, -0.05) is 61.2 Å². The average Bonchev–Trinajstić information content (AvgIpc) is 2.39. The molecule has 0 amide bonds. The highest BCUT2D eigenvalue weighted by atomic mass is 28.3. The summed E-state index contributed by atoms with van der Waals surface area (Å²) in [7, 11) is -2.78. The summed E-state index contributed by atoms with van der Waals surface area (Å²) in [6.45, 7) is 3.71. The van der Waals surface area contributed by atoms with Crippen molar-refractivity contribution in [2.45, 2.75) is 0 Å². The summed E-state index contributed by atoms with van der Waals surface area (Å²) in [6.07, 6.45) is 1.78. The van der Waals surface area contributed by atoms with Crippen LogP contribution in [0, 0.1) is 0 Å². The van der Waals surface area contributed by atoms with E-state index in [4.69, 9.17) is 0 Å². The Balaban J connectivity index is 2.48. The fourth-order valence-electron chi connectivity index (χ4n) is 1.78. The molecule has 0 fully saturated rings. The van der Waals surface area contributed by atoms with Crippen LogP contribution >= 0.6 is 0 Å². The van der Waals surface area contributed by atoms with Gasteiger partial charge in [-0.25, -0.2) is 0 Å². The van der Waals surface area contributed by atoms with Crippen LogP contribution < -0.4 is 5.19 Å². The molecule has 2 aromatic carbocycles. The fraction of sp³-hybridized carbons (Fsp3) is 0. The Bertz CT molecular complexity index is 518. The Kier molecular flexibility index (Phi) is 3.54. The normalized spacial score (nSPS) is 10.5. The monoisotopic (exact) mass is 242 g/mol. The molecule has 17 heavy (non-hydrogen) atoms. The van der Waals surface area contributed by atoms with Gasteiger partial charge in [0.1, 0.15) is 0 Å². The first-order valence-electron chi connectivity index (χ1n) is 5.40. The number of benzene rings is 2. The summed E-state index contributed by atoms with van der Waals surface area (Å²) in [5.41, 5.74) is 2.93. The highest BCUT2D eigenvalue weighted by Gasteiger charge is 2.12. The van der Waals surface area contributed by atoms with Crippen molar-refractivity contribution >= 4 is 20.5 Å². The first kappa shape index (κ1) is 11.8. The molecule has 0 saturated carbocycles. The Labute approximate surface area is 102 Å². The second-order valence-electron chi connectivity index (χ2n) is 3.79. The lowest BCUT2D eigenvalue weighted by Gasteiger charge is -2.09. The second kappa shape index (κ2) is 5.10. The minimum atomic E-state index is -2.78. The topological polar surface area (TPSA) is 40.5 Å². The van der Waals surface area contributed by atoms with Crippen LogP contribution in [0.5, 0.6) is 0 Å². The molecule has 0 aliphatic carbocycles. The highest BCUT2D eigenvalue weighted by molar-refractivity contribution is 6.60. The molecule has 2 nitrogen and oxygen atoms in total. The van der Waals surface area contributed by atoms with E-state index in [2.05, 4.69) is 6.58 Å². The maximum absolute atomic E-state index is 9.44. The third-order valence-electron chi connectivity index (χ3n) is 2.70. The molecule has 2 rings (SSSR count). The molecule has 0 atom stereocenters. The summed E-state index contributed by atoms with van der Waals surface area (Å²) >= 11 is 0. The summed E-state index contributed by atoms with van der Waals surface area (Å²) < 4.78 is 0. The number of hydrogen-bond acceptors (Lipinski definition) is 2. The maximum Gasteiger partial charge on any atom is 0.351 e. The third-order valence-corrected chi connectivity index (χ3v) is 3.76. The lowest BCUT2D eigenvalue weighted by atomic mass is 10.0. The van der Waals surface area contributed by atoms with E-state index in [-0.39, 0.29) is 0 Å². The van der Waals surface area contributed by atoms with Crippen LogP contribution in [0.25, 0.3) is 17.2 Å². The third kappa shape index (κ3) is 2.53. The van der Waals surface area contributed by atoms with Gasteiger partial charge in [0.2, 0.25) is 0 Å². The van der Waals surface area contributed by atoms with E-state index in [1.807, 2.05) is 42.5 Å². The van der Waals surface area contributed by atoms with Crippen molar-refractivity contribution in [2.24, 2.45) is 0 Å². The Morgan fingerprint density at radius 3 is 2.18 bits per heavy atom. The minimum Gasteiger partial charge on any atom is -0.410 e. The van der Waals surface area contributed by atoms with Crippen LogP contribution in [-0.2, 0) is 0 Å². The minimum absolute atomic E-state index is 0.652. The molecule has 0 heterocycles. The Morgan fingerprint density at radius 2 is 1.59 bits per heavy atom. The van der Waals surface area contributed by atoms with Crippen molar-refractivity contribution in [3.8, 4) is 11.1 Å². The van der Waals surface area contributed by atoms with Crippen LogP contribution in [0.1, 0.15) is 5.56 Å². The van der Waals surface area contributed by atoms with Crippen molar-refractivity contribution in [2.75, 3.05) is 0 Å². The van der Waals surface area contributed by atoms with Crippen molar-refractivity contribution in [3.63, 3.8) is 0 Å². The molecule has 2 N–H and O–H groups in total. The lowest BCUT2D eigenvalue weighted by Crippen LogP contribution is -2.31. The summed E-state index contributed by atoms with van der Waals surface area (Å²) in [4.78, 5) is 18.9. The van der Waals surface area contributed by atoms with Crippen molar-refractivity contribution < 1.29 is 9.59 Å². The molecule has 0 radical (unpaired) electrons. The van der Waals surface area contributed by atoms with Crippen LogP contribution in [-0.4, -0.2) is 18.9 Å². The summed E-state index contributed by atoms with van der Waals surface area (Å²) in [5, 5.41) is 0.652. The van der Waals surface area contributed by atoms with Gasteiger partial charge < -0.3 is 9.59 Å². The maximum atomic E-state index is 9.44. The van der Waals surface area contributed by atoms with E-state index in [0.29, 0.717) is 5.19 Å². The SMILES string of the molecule is C=Cc1ccc(-c2ccccc2[SiH](O)O)cc1. The van der Waals surface area contributed by atoms with Crippen LogP contribution in [0.15, 0.2) is 55.1 Å². The molecule has 0 aliphatic heterocycles. The summed E-state index contributed by atoms with van der Waals surface area (Å²) in [5.74, 6) is 0. The van der Waals surface area contributed by atoms with Gasteiger partial charge >= 0.3 is 9.28 Å². The predicted octanol–water partition coefficient (Wildman–Crippen LogP) is 1.41. The van der Waals surface area contributed by atoms with Gasteiger partial charge in [0, 0.05) is 0 Å². The van der Waals surface area contributed by atoms with Gasteiger partial charge in [-0.05, 0) is 21.9 Å². The quantitative estimate of drug-likeness (QED) is 0.799. The molecular weight excluding hydrogens is 228 g/mol. The first-order valence-corrected chi connectivity index (χ1v) is 7.01. The zero-order valence-electron chi connectivity index (χ0n) is 9.38. The van der Waals surface area contributed by atoms with Crippen molar-refractivity contribution in [1.29, 1.82) is 0 Å². The van der Waals surface area contributed by atoms with Gasteiger partial charge in [0.05, 0.1) is 0 Å². The van der Waals surface area contributed by atoms with Crippen LogP contribution in [0.2, 0.25) is 0 Å². The molecule has 3 heteroatoms. The van der Waals surface area contributed by atoms with E-state index in [1.54, 1.807) is 12.1 Å². The van der Waals surface area contributed by atoms with E-state index in [9.17, 15) is 9.59 Å². The Hall–Kier alpha value is -1.68. The average molecular weight is 242 g/mol. The van der Waals surface area contributed by atoms with Gasteiger partial charge in [0.25, 0.3) is 0 Å². The highest BCUT2D eigenvalue weighted by Crippen LogP contribution is 2.18. The van der Waals surface area contributed by atoms with Gasteiger partial charge in [0.15, 0.2) is 0 Å². The Morgan fingerprint density at radius 1 is 0.941 bits per heavy atom. The molecule has 0 bridgehead atoms. The van der Waals surface area contributed by atoms with E-state index < -0.39 is 9.28 Å². The lowest BCUT2D eigenvalue weighted by molar-refractivity contribution is 0.426. The molecule has 0 spiro atoms. The zero-order chi connectivity index (χ0) is 12.3. The number of hydrogen-bond donors (Lipinski definition) is 2. The molecule has 86 valence electrons. The van der Waals surface area contributed by atoms with Gasteiger partial charge in [-0.3, -0.25) is 0 Å². The van der Waals surface area contributed by atoms with Gasteiger partial charge in [-0.2, -0.15) is 0 Å². The van der Waals surface area contributed by atoms with Crippen LogP contribution in [0.3, 0.4) is 0 Å². The number of rotatable bonds is 3.